The van der Waals surface area contributed by atoms with Crippen molar-refractivity contribution >= 4 is 30.4 Å². The molecule has 0 atom stereocenters. The second-order valence-corrected chi connectivity index (χ2v) is 10.9. The third-order valence-electron chi connectivity index (χ3n) is 4.87. The van der Waals surface area contributed by atoms with E-state index in [1.165, 1.54) is 23.4 Å². The van der Waals surface area contributed by atoms with Crippen molar-refractivity contribution in [3.8, 4) is 0 Å². The number of H-pyrrole nitrogens is 1. The summed E-state index contributed by atoms with van der Waals surface area (Å²) in [4.78, 5) is 20.1. The molecule has 0 saturated heterocycles. The molecule has 0 aliphatic heterocycles. The van der Waals surface area contributed by atoms with Crippen LogP contribution < -0.4 is 5.32 Å². The molecule has 2 aromatic heterocycles. The molecule has 4 nitrogen and oxygen atoms in total. The highest BCUT2D eigenvalue weighted by Gasteiger charge is 2.34. The van der Waals surface area contributed by atoms with Gasteiger partial charge in [0.05, 0.1) is 13.0 Å². The molecular formula is C17H26N2O2Si. The van der Waals surface area contributed by atoms with Crippen molar-refractivity contribution in [2.24, 2.45) is 0 Å². The number of hydrogen-bond acceptors (Lipinski definition) is 3. The van der Waals surface area contributed by atoms with E-state index < -0.39 is 8.07 Å². The number of nitrogens with one attached hydrogen (secondary N) is 1. The summed E-state index contributed by atoms with van der Waals surface area (Å²) in [6.07, 6.45) is 2.13. The standard InChI is InChI=1S/C17H26N2O2Si/c1-5-21-15(20)12-14-13-10-9-11-18-16(13)19-17(14)22(6-2,7-3)8-4/h9-11H,5-8,12H2,1-4H3,(H,18,19). The lowest BCUT2D eigenvalue weighted by atomic mass is 10.1. The molecule has 2 aromatic rings. The number of hydrogen-bond donors (Lipinski definition) is 1. The van der Waals surface area contributed by atoms with Crippen LogP contribution in [0.25, 0.3) is 11.0 Å². The normalized spacial score (nSPS) is 11.8. The summed E-state index contributed by atoms with van der Waals surface area (Å²) in [5, 5.41) is 2.36. The van der Waals surface area contributed by atoms with Gasteiger partial charge in [0, 0.05) is 16.9 Å². The highest BCUT2D eigenvalue weighted by Crippen LogP contribution is 2.25. The van der Waals surface area contributed by atoms with Crippen molar-refractivity contribution in [3.63, 3.8) is 0 Å². The van der Waals surface area contributed by atoms with E-state index in [1.807, 2.05) is 13.0 Å². The Bertz CT molecular complexity index is 639. The van der Waals surface area contributed by atoms with Crippen molar-refractivity contribution in [1.29, 1.82) is 0 Å². The van der Waals surface area contributed by atoms with Crippen LogP contribution >= 0.6 is 0 Å². The predicted octanol–water partition coefficient (Wildman–Crippen LogP) is 3.38. The maximum absolute atomic E-state index is 12.1. The third kappa shape index (κ3) is 2.95. The fourth-order valence-corrected chi connectivity index (χ4v) is 7.16. The van der Waals surface area contributed by atoms with Crippen molar-refractivity contribution in [1.82, 2.24) is 9.97 Å². The van der Waals surface area contributed by atoms with E-state index in [1.54, 1.807) is 6.20 Å². The first-order chi connectivity index (χ1) is 10.6. The monoisotopic (exact) mass is 318 g/mol. The molecule has 120 valence electrons. The number of carbonyl (C=O) groups is 1. The van der Waals surface area contributed by atoms with Crippen molar-refractivity contribution < 1.29 is 9.53 Å². The topological polar surface area (TPSA) is 55.0 Å². The molecule has 0 radical (unpaired) electrons. The van der Waals surface area contributed by atoms with Crippen molar-refractivity contribution in [2.45, 2.75) is 52.2 Å². The summed E-state index contributed by atoms with van der Waals surface area (Å²) in [5.41, 5.74) is 2.00. The zero-order chi connectivity index (χ0) is 16.2. The molecule has 0 spiro atoms. The Labute approximate surface area is 133 Å². The molecule has 0 aromatic carbocycles. The van der Waals surface area contributed by atoms with Gasteiger partial charge >= 0.3 is 5.97 Å². The molecule has 22 heavy (non-hydrogen) atoms. The molecule has 0 aliphatic rings. The van der Waals surface area contributed by atoms with Gasteiger partial charge in [0.15, 0.2) is 0 Å². The van der Waals surface area contributed by atoms with E-state index in [9.17, 15) is 4.79 Å². The van der Waals surface area contributed by atoms with Gasteiger partial charge in [-0.3, -0.25) is 4.79 Å². The smallest absolute Gasteiger partial charge is 0.310 e. The molecule has 1 N–H and O–H groups in total. The maximum Gasteiger partial charge on any atom is 0.310 e. The number of esters is 1. The Morgan fingerprint density at radius 1 is 1.23 bits per heavy atom. The molecule has 0 amide bonds. The van der Waals surface area contributed by atoms with Gasteiger partial charge in [0.2, 0.25) is 0 Å². The summed E-state index contributed by atoms with van der Waals surface area (Å²) in [5.74, 6) is -0.153. The lowest BCUT2D eigenvalue weighted by Gasteiger charge is -2.28. The lowest BCUT2D eigenvalue weighted by Crippen LogP contribution is -2.48. The lowest BCUT2D eigenvalue weighted by molar-refractivity contribution is -0.142. The van der Waals surface area contributed by atoms with Crippen LogP contribution in [0.2, 0.25) is 18.1 Å². The van der Waals surface area contributed by atoms with Gasteiger partial charge in [0.25, 0.3) is 0 Å². The largest absolute Gasteiger partial charge is 0.466 e. The average molecular weight is 318 g/mol. The van der Waals surface area contributed by atoms with Crippen molar-refractivity contribution in [3.05, 3.63) is 23.9 Å². The Morgan fingerprint density at radius 2 is 1.91 bits per heavy atom. The van der Waals surface area contributed by atoms with Gasteiger partial charge in [-0.1, -0.05) is 38.9 Å². The fraction of sp³-hybridized carbons (Fsp3) is 0.529. The van der Waals surface area contributed by atoms with E-state index in [-0.39, 0.29) is 5.97 Å². The van der Waals surface area contributed by atoms with Crippen LogP contribution in [-0.4, -0.2) is 30.6 Å². The Kier molecular flexibility index (Phi) is 5.40. The fourth-order valence-electron chi connectivity index (χ4n) is 3.35. The molecule has 0 bridgehead atoms. The van der Waals surface area contributed by atoms with Crippen LogP contribution in [0.15, 0.2) is 18.3 Å². The number of rotatable bonds is 7. The number of aromatic nitrogens is 2. The summed E-state index contributed by atoms with van der Waals surface area (Å²) < 4.78 is 5.17. The van der Waals surface area contributed by atoms with E-state index in [0.29, 0.717) is 13.0 Å². The summed E-state index contributed by atoms with van der Waals surface area (Å²) in [7, 11) is -1.61. The van der Waals surface area contributed by atoms with Gasteiger partial charge in [-0.25, -0.2) is 4.98 Å². The minimum Gasteiger partial charge on any atom is -0.466 e. The summed E-state index contributed by atoms with van der Waals surface area (Å²) in [6.45, 7) is 9.08. The van der Waals surface area contributed by atoms with Gasteiger partial charge in [-0.15, -0.1) is 0 Å². The highest BCUT2D eigenvalue weighted by atomic mass is 28.3. The molecule has 0 unspecified atom stereocenters. The predicted molar refractivity (Wildman–Crippen MR) is 93.3 cm³/mol. The van der Waals surface area contributed by atoms with Crippen LogP contribution in [0, 0.1) is 0 Å². The maximum atomic E-state index is 12.1. The van der Waals surface area contributed by atoms with Gasteiger partial charge in [-0.2, -0.15) is 0 Å². The Hall–Kier alpha value is -1.62. The first kappa shape index (κ1) is 16.7. The van der Waals surface area contributed by atoms with Gasteiger partial charge < -0.3 is 9.72 Å². The summed E-state index contributed by atoms with van der Waals surface area (Å²) in [6, 6.07) is 7.49. The van der Waals surface area contributed by atoms with Crippen LogP contribution in [0.3, 0.4) is 0 Å². The zero-order valence-corrected chi connectivity index (χ0v) is 15.0. The molecule has 0 aliphatic carbocycles. The first-order valence-corrected chi connectivity index (χ1v) is 10.9. The van der Waals surface area contributed by atoms with Crippen LogP contribution in [-0.2, 0) is 16.0 Å². The number of aromatic amines is 1. The Morgan fingerprint density at radius 3 is 2.50 bits per heavy atom. The quantitative estimate of drug-likeness (QED) is 0.629. The average Bonchev–Trinajstić information content (AvgIpc) is 2.89. The molecule has 5 heteroatoms. The van der Waals surface area contributed by atoms with Crippen LogP contribution in [0.5, 0.6) is 0 Å². The second kappa shape index (κ2) is 7.09. The van der Waals surface area contributed by atoms with Crippen LogP contribution in [0.4, 0.5) is 0 Å². The minimum atomic E-state index is -1.61. The SMILES string of the molecule is CCOC(=O)Cc1c([Si](CC)(CC)CC)[nH]c2ncccc12. The molecular weight excluding hydrogens is 292 g/mol. The zero-order valence-electron chi connectivity index (χ0n) is 14.0. The summed E-state index contributed by atoms with van der Waals surface area (Å²) >= 11 is 0. The molecule has 0 fully saturated rings. The molecule has 0 saturated carbocycles. The Balaban J connectivity index is 2.59. The third-order valence-corrected chi connectivity index (χ3v) is 10.4. The minimum absolute atomic E-state index is 0.153. The first-order valence-electron chi connectivity index (χ1n) is 8.23. The highest BCUT2D eigenvalue weighted by molar-refractivity contribution is 6.91. The van der Waals surface area contributed by atoms with E-state index in [4.69, 9.17) is 4.74 Å². The van der Waals surface area contributed by atoms with E-state index >= 15 is 0 Å². The van der Waals surface area contributed by atoms with E-state index in [0.717, 1.165) is 16.6 Å². The van der Waals surface area contributed by atoms with Gasteiger partial charge in [-0.05, 0) is 24.6 Å². The number of nitrogens with zero attached hydrogens (tertiary/aromatic N) is 1. The van der Waals surface area contributed by atoms with Crippen LogP contribution in [0.1, 0.15) is 33.3 Å². The van der Waals surface area contributed by atoms with E-state index in [2.05, 4.69) is 36.8 Å². The number of fused-ring (bicyclic) bond motifs is 1. The van der Waals surface area contributed by atoms with Crippen molar-refractivity contribution in [2.75, 3.05) is 6.61 Å². The number of pyridine rings is 1. The van der Waals surface area contributed by atoms with Gasteiger partial charge in [0.1, 0.15) is 13.7 Å². The second-order valence-electron chi connectivity index (χ2n) is 5.70. The number of carbonyl (C=O) groups excluding carboxylic acids is 1. The number of ether oxygens (including phenoxy) is 1. The molecule has 2 rings (SSSR count). The molecule has 2 heterocycles.